The zero-order valence-electron chi connectivity index (χ0n) is 15.7. The summed E-state index contributed by atoms with van der Waals surface area (Å²) in [4.78, 5) is 16.6. The molecule has 1 amide bonds. The van der Waals surface area contributed by atoms with Gasteiger partial charge >= 0.3 is 0 Å². The van der Waals surface area contributed by atoms with Crippen molar-refractivity contribution in [1.82, 2.24) is 25.7 Å². The molecule has 1 aromatic heterocycles. The van der Waals surface area contributed by atoms with E-state index in [9.17, 15) is 4.79 Å². The third kappa shape index (κ3) is 9.40. The molecule has 1 heterocycles. The highest BCUT2D eigenvalue weighted by atomic mass is 127. The Bertz CT molecular complexity index is 514. The van der Waals surface area contributed by atoms with Crippen LogP contribution in [0.15, 0.2) is 23.5 Å². The zero-order chi connectivity index (χ0) is 17.7. The molecule has 148 valence electrons. The second kappa shape index (κ2) is 13.8. The van der Waals surface area contributed by atoms with Crippen molar-refractivity contribution in [3.8, 4) is 0 Å². The van der Waals surface area contributed by atoms with E-state index in [0.29, 0.717) is 19.0 Å². The van der Waals surface area contributed by atoms with Gasteiger partial charge in [-0.15, -0.1) is 24.0 Å². The molecular formula is C18H33IN6O. The van der Waals surface area contributed by atoms with Crippen LogP contribution in [-0.2, 0) is 11.3 Å². The van der Waals surface area contributed by atoms with Gasteiger partial charge in [0.2, 0.25) is 5.91 Å². The largest absolute Gasteiger partial charge is 0.357 e. The lowest BCUT2D eigenvalue weighted by Gasteiger charge is -2.22. The Hall–Kier alpha value is -1.32. The van der Waals surface area contributed by atoms with Gasteiger partial charge in [0.1, 0.15) is 0 Å². The number of nitrogens with zero attached hydrogens (tertiary/aromatic N) is 3. The summed E-state index contributed by atoms with van der Waals surface area (Å²) in [6, 6.07) is 2.30. The average molecular weight is 476 g/mol. The van der Waals surface area contributed by atoms with E-state index in [1.165, 1.54) is 19.3 Å². The van der Waals surface area contributed by atoms with Crippen molar-refractivity contribution in [1.29, 1.82) is 0 Å². The van der Waals surface area contributed by atoms with Crippen molar-refractivity contribution in [2.24, 2.45) is 4.99 Å². The highest BCUT2D eigenvalue weighted by Gasteiger charge is 2.15. The smallest absolute Gasteiger partial charge is 0.221 e. The second-order valence-electron chi connectivity index (χ2n) is 6.46. The highest BCUT2D eigenvalue weighted by molar-refractivity contribution is 14.0. The predicted molar refractivity (Wildman–Crippen MR) is 116 cm³/mol. The average Bonchev–Trinajstić information content (AvgIpc) is 3.13. The Morgan fingerprint density at radius 2 is 2.08 bits per heavy atom. The first kappa shape index (κ1) is 22.7. The Morgan fingerprint density at radius 3 is 2.77 bits per heavy atom. The molecule has 3 N–H and O–H groups in total. The first-order valence-corrected chi connectivity index (χ1v) is 9.57. The van der Waals surface area contributed by atoms with Crippen LogP contribution < -0.4 is 16.0 Å². The Kier molecular flexibility index (Phi) is 12.1. The van der Waals surface area contributed by atoms with E-state index in [0.717, 1.165) is 44.9 Å². The maximum Gasteiger partial charge on any atom is 0.221 e. The number of amides is 1. The first-order valence-electron chi connectivity index (χ1n) is 9.57. The van der Waals surface area contributed by atoms with Gasteiger partial charge < -0.3 is 16.0 Å². The standard InChI is InChI=1S/C18H32N6O.HI/c1-2-19-18(20-11-6-14-24-15-7-12-22-24)21-13-10-17(25)23-16-8-4-3-5-9-16;/h7,12,15-16H,2-6,8-11,13-14H2,1H3,(H,23,25)(H2,19,20,21);1H. The van der Waals surface area contributed by atoms with Crippen LogP contribution in [0.2, 0.25) is 0 Å². The molecule has 0 aromatic carbocycles. The molecule has 0 unspecified atom stereocenters. The number of aryl methyl sites for hydroxylation is 1. The van der Waals surface area contributed by atoms with Crippen LogP contribution in [0.25, 0.3) is 0 Å². The van der Waals surface area contributed by atoms with Crippen LogP contribution >= 0.6 is 24.0 Å². The molecule has 0 saturated heterocycles. The summed E-state index contributed by atoms with van der Waals surface area (Å²) in [5.74, 6) is 0.905. The molecule has 8 heteroatoms. The summed E-state index contributed by atoms with van der Waals surface area (Å²) in [6.07, 6.45) is 11.2. The van der Waals surface area contributed by atoms with E-state index in [1.807, 2.05) is 23.9 Å². The van der Waals surface area contributed by atoms with Crippen molar-refractivity contribution >= 4 is 35.8 Å². The minimum atomic E-state index is 0. The molecule has 1 aromatic rings. The fourth-order valence-corrected chi connectivity index (χ4v) is 3.04. The lowest BCUT2D eigenvalue weighted by atomic mass is 9.95. The van der Waals surface area contributed by atoms with Crippen molar-refractivity contribution < 1.29 is 4.79 Å². The van der Waals surface area contributed by atoms with Crippen molar-refractivity contribution in [3.05, 3.63) is 18.5 Å². The zero-order valence-corrected chi connectivity index (χ0v) is 18.1. The number of nitrogens with one attached hydrogen (secondary N) is 3. The lowest BCUT2D eigenvalue weighted by molar-refractivity contribution is -0.121. The number of hydrogen-bond acceptors (Lipinski definition) is 3. The van der Waals surface area contributed by atoms with Crippen LogP contribution in [0.4, 0.5) is 0 Å². The van der Waals surface area contributed by atoms with E-state index < -0.39 is 0 Å². The molecule has 26 heavy (non-hydrogen) atoms. The third-order valence-electron chi connectivity index (χ3n) is 4.33. The van der Waals surface area contributed by atoms with E-state index >= 15 is 0 Å². The fourth-order valence-electron chi connectivity index (χ4n) is 3.04. The molecule has 1 aliphatic rings. The van der Waals surface area contributed by atoms with Crippen LogP contribution in [0.5, 0.6) is 0 Å². The van der Waals surface area contributed by atoms with Crippen LogP contribution in [0, 0.1) is 0 Å². The minimum absolute atomic E-state index is 0. The molecule has 7 nitrogen and oxygen atoms in total. The van der Waals surface area contributed by atoms with Crippen molar-refractivity contribution in [3.63, 3.8) is 0 Å². The summed E-state index contributed by atoms with van der Waals surface area (Å²) in [5, 5.41) is 13.8. The van der Waals surface area contributed by atoms with E-state index in [-0.39, 0.29) is 29.9 Å². The Morgan fingerprint density at radius 1 is 1.27 bits per heavy atom. The number of rotatable bonds is 9. The van der Waals surface area contributed by atoms with E-state index in [1.54, 1.807) is 6.20 Å². The predicted octanol–water partition coefficient (Wildman–Crippen LogP) is 2.29. The first-order chi connectivity index (χ1) is 12.3. The number of carbonyl (C=O) groups is 1. The maximum atomic E-state index is 12.0. The lowest BCUT2D eigenvalue weighted by Crippen LogP contribution is -2.41. The van der Waals surface area contributed by atoms with Gasteiger partial charge in [-0.1, -0.05) is 19.3 Å². The molecule has 0 radical (unpaired) electrons. The van der Waals surface area contributed by atoms with Gasteiger partial charge in [-0.2, -0.15) is 5.10 Å². The monoisotopic (exact) mass is 476 g/mol. The van der Waals surface area contributed by atoms with E-state index in [4.69, 9.17) is 0 Å². The normalized spacial score (nSPS) is 15.2. The topological polar surface area (TPSA) is 83.3 Å². The molecule has 0 bridgehead atoms. The highest BCUT2D eigenvalue weighted by Crippen LogP contribution is 2.17. The quantitative estimate of drug-likeness (QED) is 0.221. The Balaban J connectivity index is 0.00000338. The van der Waals surface area contributed by atoms with Crippen molar-refractivity contribution in [2.75, 3.05) is 19.6 Å². The fraction of sp³-hybridized carbons (Fsp3) is 0.722. The molecule has 0 atom stereocenters. The van der Waals surface area contributed by atoms with Gasteiger partial charge in [-0.05, 0) is 32.3 Å². The summed E-state index contributed by atoms with van der Waals surface area (Å²) < 4.78 is 1.91. The van der Waals surface area contributed by atoms with Gasteiger partial charge in [0, 0.05) is 51.0 Å². The van der Waals surface area contributed by atoms with Crippen LogP contribution in [0.3, 0.4) is 0 Å². The van der Waals surface area contributed by atoms with Gasteiger partial charge in [0.05, 0.1) is 0 Å². The number of hydrogen-bond donors (Lipinski definition) is 3. The molecule has 1 saturated carbocycles. The number of guanidine groups is 1. The van der Waals surface area contributed by atoms with Crippen molar-refractivity contribution in [2.45, 2.75) is 64.5 Å². The molecule has 1 aliphatic carbocycles. The van der Waals surface area contributed by atoms with Gasteiger partial charge in [0.25, 0.3) is 0 Å². The molecule has 0 aliphatic heterocycles. The van der Waals surface area contributed by atoms with E-state index in [2.05, 4.69) is 26.0 Å². The Labute approximate surface area is 173 Å². The summed E-state index contributed by atoms with van der Waals surface area (Å²) >= 11 is 0. The third-order valence-corrected chi connectivity index (χ3v) is 4.33. The number of aromatic nitrogens is 2. The molecule has 0 spiro atoms. The summed E-state index contributed by atoms with van der Waals surface area (Å²) in [6.45, 7) is 5.03. The molecule has 1 fully saturated rings. The summed E-state index contributed by atoms with van der Waals surface area (Å²) in [5.41, 5.74) is 0. The number of carbonyl (C=O) groups excluding carboxylic acids is 1. The van der Waals surface area contributed by atoms with Gasteiger partial charge in [0.15, 0.2) is 5.96 Å². The maximum absolute atomic E-state index is 12.0. The SMILES string of the molecule is CCNC(=NCCCn1cccn1)NCCC(=O)NC1CCCCC1.I. The number of halogens is 1. The molecular weight excluding hydrogens is 443 g/mol. The van der Waals surface area contributed by atoms with Gasteiger partial charge in [-0.25, -0.2) is 0 Å². The summed E-state index contributed by atoms with van der Waals surface area (Å²) in [7, 11) is 0. The van der Waals surface area contributed by atoms with Crippen LogP contribution in [-0.4, -0.2) is 47.3 Å². The molecule has 2 rings (SSSR count). The van der Waals surface area contributed by atoms with Crippen LogP contribution in [0.1, 0.15) is 51.9 Å². The second-order valence-corrected chi connectivity index (χ2v) is 6.46. The minimum Gasteiger partial charge on any atom is -0.357 e. The number of aliphatic imine (C=N–C) groups is 1. The van der Waals surface area contributed by atoms with Gasteiger partial charge in [-0.3, -0.25) is 14.5 Å².